The number of alkyl halides is 3. The second-order valence-corrected chi connectivity index (χ2v) is 3.88. The van der Waals surface area contributed by atoms with Gasteiger partial charge in [0, 0.05) is 24.7 Å². The van der Waals surface area contributed by atoms with E-state index in [4.69, 9.17) is 9.47 Å². The number of rotatable bonds is 4. The average molecular weight is 263 g/mol. The van der Waals surface area contributed by atoms with Gasteiger partial charge in [0.15, 0.2) is 11.5 Å². The highest BCUT2D eigenvalue weighted by Gasteiger charge is 2.26. The summed E-state index contributed by atoms with van der Waals surface area (Å²) >= 11 is 0. The first-order valence-electron chi connectivity index (χ1n) is 5.35. The molecule has 1 heterocycles. The molecule has 0 bridgehead atoms. The minimum Gasteiger partial charge on any atom is -0.507 e. The summed E-state index contributed by atoms with van der Waals surface area (Å²) in [6.07, 6.45) is -5.08. The molecule has 18 heavy (non-hydrogen) atoms. The first kappa shape index (κ1) is 12.8. The monoisotopic (exact) mass is 263 g/mol. The molecule has 0 unspecified atom stereocenters. The van der Waals surface area contributed by atoms with Crippen LogP contribution in [-0.4, -0.2) is 24.6 Å². The summed E-state index contributed by atoms with van der Waals surface area (Å²) in [6.45, 7) is 0.0235. The third-order valence-electron chi connectivity index (χ3n) is 2.47. The van der Waals surface area contributed by atoms with Crippen LogP contribution in [0.4, 0.5) is 13.2 Å². The SMILES string of the molecule is Oc1cc2c(cc1CNCCC(F)(F)F)OCO2. The Labute approximate surface area is 101 Å². The molecule has 100 valence electrons. The Bertz CT molecular complexity index is 434. The van der Waals surface area contributed by atoms with Gasteiger partial charge in [0.05, 0.1) is 6.42 Å². The van der Waals surface area contributed by atoms with Crippen molar-refractivity contribution in [2.24, 2.45) is 0 Å². The number of benzene rings is 1. The van der Waals surface area contributed by atoms with Crippen molar-refractivity contribution < 1.29 is 27.8 Å². The van der Waals surface area contributed by atoms with E-state index >= 15 is 0 Å². The molecule has 0 fully saturated rings. The lowest BCUT2D eigenvalue weighted by Gasteiger charge is -2.09. The molecule has 0 saturated carbocycles. The summed E-state index contributed by atoms with van der Waals surface area (Å²) in [5, 5.41) is 12.2. The van der Waals surface area contributed by atoms with Gasteiger partial charge in [-0.2, -0.15) is 13.2 Å². The predicted molar refractivity (Wildman–Crippen MR) is 56.6 cm³/mol. The molecule has 0 amide bonds. The van der Waals surface area contributed by atoms with E-state index in [0.717, 1.165) is 0 Å². The number of nitrogens with one attached hydrogen (secondary N) is 1. The highest BCUT2D eigenvalue weighted by Crippen LogP contribution is 2.37. The highest BCUT2D eigenvalue weighted by molar-refractivity contribution is 5.51. The molecule has 4 nitrogen and oxygen atoms in total. The smallest absolute Gasteiger partial charge is 0.390 e. The lowest BCUT2D eigenvalue weighted by Crippen LogP contribution is -2.21. The van der Waals surface area contributed by atoms with Gasteiger partial charge in [0.2, 0.25) is 6.79 Å². The fourth-order valence-corrected chi connectivity index (χ4v) is 1.57. The Kier molecular flexibility index (Phi) is 3.51. The van der Waals surface area contributed by atoms with Gasteiger partial charge in [-0.1, -0.05) is 0 Å². The maximum absolute atomic E-state index is 11.9. The number of phenols is 1. The molecular formula is C11H12F3NO3. The molecule has 0 radical (unpaired) electrons. The number of halogens is 3. The van der Waals surface area contributed by atoms with Crippen molar-refractivity contribution in [3.8, 4) is 17.2 Å². The number of hydrogen-bond acceptors (Lipinski definition) is 4. The summed E-state index contributed by atoms with van der Waals surface area (Å²) in [4.78, 5) is 0. The van der Waals surface area contributed by atoms with E-state index in [1.807, 2.05) is 0 Å². The van der Waals surface area contributed by atoms with E-state index < -0.39 is 12.6 Å². The van der Waals surface area contributed by atoms with Gasteiger partial charge in [-0.3, -0.25) is 0 Å². The van der Waals surface area contributed by atoms with Crippen molar-refractivity contribution in [2.75, 3.05) is 13.3 Å². The molecule has 2 rings (SSSR count). The number of hydrogen-bond donors (Lipinski definition) is 2. The van der Waals surface area contributed by atoms with E-state index in [1.165, 1.54) is 6.07 Å². The topological polar surface area (TPSA) is 50.7 Å². The zero-order valence-electron chi connectivity index (χ0n) is 9.38. The van der Waals surface area contributed by atoms with Crippen LogP contribution in [0.15, 0.2) is 12.1 Å². The van der Waals surface area contributed by atoms with Gasteiger partial charge in [0.25, 0.3) is 0 Å². The van der Waals surface area contributed by atoms with Crippen LogP contribution in [-0.2, 0) is 6.54 Å². The van der Waals surface area contributed by atoms with E-state index in [9.17, 15) is 18.3 Å². The van der Waals surface area contributed by atoms with E-state index in [2.05, 4.69) is 5.32 Å². The largest absolute Gasteiger partial charge is 0.507 e. The number of ether oxygens (including phenoxy) is 2. The Morgan fingerprint density at radius 1 is 1.22 bits per heavy atom. The fraction of sp³-hybridized carbons (Fsp3) is 0.455. The zero-order chi connectivity index (χ0) is 13.2. The maximum Gasteiger partial charge on any atom is 0.390 e. The number of fused-ring (bicyclic) bond motifs is 1. The van der Waals surface area contributed by atoms with Crippen molar-refractivity contribution in [3.05, 3.63) is 17.7 Å². The van der Waals surface area contributed by atoms with Crippen LogP contribution in [0.5, 0.6) is 17.2 Å². The molecule has 1 aromatic rings. The third kappa shape index (κ3) is 3.19. The van der Waals surface area contributed by atoms with Gasteiger partial charge in [0.1, 0.15) is 5.75 Å². The Balaban J connectivity index is 1.90. The van der Waals surface area contributed by atoms with Crippen molar-refractivity contribution in [2.45, 2.75) is 19.1 Å². The lowest BCUT2D eigenvalue weighted by atomic mass is 10.1. The molecule has 0 spiro atoms. The Hall–Kier alpha value is -1.63. The summed E-state index contributed by atoms with van der Waals surface area (Å²) in [6, 6.07) is 2.95. The third-order valence-corrected chi connectivity index (χ3v) is 2.47. The van der Waals surface area contributed by atoms with Crippen molar-refractivity contribution >= 4 is 0 Å². The molecule has 1 aromatic carbocycles. The Morgan fingerprint density at radius 2 is 1.89 bits per heavy atom. The van der Waals surface area contributed by atoms with Crippen LogP contribution in [0.3, 0.4) is 0 Å². The second-order valence-electron chi connectivity index (χ2n) is 3.88. The van der Waals surface area contributed by atoms with Crippen LogP contribution < -0.4 is 14.8 Å². The van der Waals surface area contributed by atoms with Crippen LogP contribution >= 0.6 is 0 Å². The average Bonchev–Trinajstić information content (AvgIpc) is 2.70. The number of phenolic OH excluding ortho intramolecular Hbond substituents is 1. The normalized spacial score (nSPS) is 13.9. The van der Waals surface area contributed by atoms with Crippen molar-refractivity contribution in [3.63, 3.8) is 0 Å². The molecule has 2 N–H and O–H groups in total. The molecule has 0 aromatic heterocycles. The molecular weight excluding hydrogens is 251 g/mol. The Morgan fingerprint density at radius 3 is 2.56 bits per heavy atom. The lowest BCUT2D eigenvalue weighted by molar-refractivity contribution is -0.133. The standard InChI is InChI=1S/C11H12F3NO3/c12-11(13,14)1-2-15-5-7-3-9-10(4-8(7)16)18-6-17-9/h3-4,15-16H,1-2,5-6H2. The van der Waals surface area contributed by atoms with E-state index in [1.54, 1.807) is 6.07 Å². The summed E-state index contributed by atoms with van der Waals surface area (Å²) in [5.74, 6) is 0.894. The molecule has 0 atom stereocenters. The summed E-state index contributed by atoms with van der Waals surface area (Å²) in [7, 11) is 0. The second kappa shape index (κ2) is 4.93. The van der Waals surface area contributed by atoms with Gasteiger partial charge >= 0.3 is 6.18 Å². The minimum absolute atomic E-state index is 0.0289. The van der Waals surface area contributed by atoms with Crippen LogP contribution in [0.2, 0.25) is 0 Å². The van der Waals surface area contributed by atoms with Crippen LogP contribution in [0.25, 0.3) is 0 Å². The first-order chi connectivity index (χ1) is 8.46. The van der Waals surface area contributed by atoms with Gasteiger partial charge in [-0.25, -0.2) is 0 Å². The number of aromatic hydroxyl groups is 1. The van der Waals surface area contributed by atoms with E-state index in [0.29, 0.717) is 17.1 Å². The van der Waals surface area contributed by atoms with Crippen molar-refractivity contribution in [1.82, 2.24) is 5.32 Å². The molecule has 0 saturated heterocycles. The van der Waals surface area contributed by atoms with Crippen LogP contribution in [0, 0.1) is 0 Å². The summed E-state index contributed by atoms with van der Waals surface area (Å²) < 4.78 is 45.9. The van der Waals surface area contributed by atoms with Crippen LogP contribution in [0.1, 0.15) is 12.0 Å². The summed E-state index contributed by atoms with van der Waals surface area (Å²) in [5.41, 5.74) is 0.474. The van der Waals surface area contributed by atoms with E-state index in [-0.39, 0.29) is 25.6 Å². The minimum atomic E-state index is -4.18. The van der Waals surface area contributed by atoms with Gasteiger partial charge in [-0.05, 0) is 6.07 Å². The quantitative estimate of drug-likeness (QED) is 0.817. The fourth-order valence-electron chi connectivity index (χ4n) is 1.57. The van der Waals surface area contributed by atoms with Gasteiger partial charge < -0.3 is 19.9 Å². The molecule has 1 aliphatic heterocycles. The molecule has 7 heteroatoms. The zero-order valence-corrected chi connectivity index (χ0v) is 9.38. The molecule has 1 aliphatic rings. The highest BCUT2D eigenvalue weighted by atomic mass is 19.4. The van der Waals surface area contributed by atoms with Crippen molar-refractivity contribution in [1.29, 1.82) is 0 Å². The predicted octanol–water partition coefficient (Wildman–Crippen LogP) is 2.16. The maximum atomic E-state index is 11.9. The first-order valence-corrected chi connectivity index (χ1v) is 5.35. The van der Waals surface area contributed by atoms with Gasteiger partial charge in [-0.15, -0.1) is 0 Å². The molecule has 0 aliphatic carbocycles.